The van der Waals surface area contributed by atoms with Gasteiger partial charge >= 0.3 is 0 Å². The van der Waals surface area contributed by atoms with E-state index >= 15 is 0 Å². The van der Waals surface area contributed by atoms with Crippen LogP contribution in [0, 0.1) is 6.92 Å². The van der Waals surface area contributed by atoms with Crippen LogP contribution < -0.4 is 19.6 Å². The molecule has 3 aromatic carbocycles. The standard InChI is InChI=1S/C26H25NO6S/c1-17-8-10-20(11-9-17)34(29,30)25-16-27(15-18-6-5-7-19(12-18)31-2)22-14-24(33-4)23(32-3)13-21(22)26(25)28/h5-14,16H,15H2,1-4H3. The van der Waals surface area contributed by atoms with Crippen molar-refractivity contribution in [3.8, 4) is 17.2 Å². The van der Waals surface area contributed by atoms with Crippen molar-refractivity contribution in [1.82, 2.24) is 4.57 Å². The third-order valence-corrected chi connectivity index (χ3v) is 7.42. The quantitative estimate of drug-likeness (QED) is 0.395. The molecule has 0 fully saturated rings. The summed E-state index contributed by atoms with van der Waals surface area (Å²) in [4.78, 5) is 13.2. The second kappa shape index (κ2) is 9.23. The summed E-state index contributed by atoms with van der Waals surface area (Å²) >= 11 is 0. The van der Waals surface area contributed by atoms with E-state index in [1.54, 1.807) is 29.9 Å². The molecule has 34 heavy (non-hydrogen) atoms. The fourth-order valence-electron chi connectivity index (χ4n) is 3.82. The number of pyridine rings is 1. The van der Waals surface area contributed by atoms with Crippen molar-refractivity contribution in [1.29, 1.82) is 0 Å². The van der Waals surface area contributed by atoms with E-state index in [4.69, 9.17) is 14.2 Å². The second-order valence-corrected chi connectivity index (χ2v) is 9.76. The van der Waals surface area contributed by atoms with Crippen LogP contribution in [0.1, 0.15) is 11.1 Å². The van der Waals surface area contributed by atoms with Crippen molar-refractivity contribution in [3.05, 3.63) is 88.2 Å². The smallest absolute Gasteiger partial charge is 0.211 e. The molecule has 1 aromatic heterocycles. The van der Waals surface area contributed by atoms with Crippen LogP contribution in [-0.2, 0) is 16.4 Å². The number of fused-ring (bicyclic) bond motifs is 1. The minimum Gasteiger partial charge on any atom is -0.497 e. The van der Waals surface area contributed by atoms with Crippen LogP contribution in [0.25, 0.3) is 10.9 Å². The van der Waals surface area contributed by atoms with Gasteiger partial charge in [-0.3, -0.25) is 4.79 Å². The number of nitrogens with zero attached hydrogens (tertiary/aromatic N) is 1. The summed E-state index contributed by atoms with van der Waals surface area (Å²) in [6, 6.07) is 17.1. The third kappa shape index (κ3) is 4.24. The summed E-state index contributed by atoms with van der Waals surface area (Å²) in [6.45, 7) is 2.17. The molecule has 7 nitrogen and oxygen atoms in total. The zero-order valence-corrected chi connectivity index (χ0v) is 20.2. The largest absolute Gasteiger partial charge is 0.497 e. The first kappa shape index (κ1) is 23.4. The SMILES string of the molecule is COc1cccc(Cn2cc(S(=O)(=O)c3ccc(C)cc3)c(=O)c3cc(OC)c(OC)cc32)c1. The Labute approximate surface area is 198 Å². The van der Waals surface area contributed by atoms with Gasteiger partial charge in [-0.2, -0.15) is 0 Å². The third-order valence-electron chi connectivity index (χ3n) is 5.66. The Balaban J connectivity index is 2.01. The van der Waals surface area contributed by atoms with Crippen LogP contribution in [-0.4, -0.2) is 34.3 Å². The van der Waals surface area contributed by atoms with Gasteiger partial charge in [-0.1, -0.05) is 29.8 Å². The Morgan fingerprint density at radius 3 is 2.18 bits per heavy atom. The van der Waals surface area contributed by atoms with E-state index in [1.807, 2.05) is 31.2 Å². The molecule has 0 spiro atoms. The van der Waals surface area contributed by atoms with E-state index < -0.39 is 15.3 Å². The van der Waals surface area contributed by atoms with Gasteiger partial charge in [-0.25, -0.2) is 8.42 Å². The fraction of sp³-hybridized carbons (Fsp3) is 0.192. The second-order valence-electron chi connectivity index (χ2n) is 7.84. The van der Waals surface area contributed by atoms with Crippen molar-refractivity contribution < 1.29 is 22.6 Å². The van der Waals surface area contributed by atoms with E-state index in [1.165, 1.54) is 38.6 Å². The molecule has 0 radical (unpaired) electrons. The van der Waals surface area contributed by atoms with Gasteiger partial charge in [0.25, 0.3) is 0 Å². The lowest BCUT2D eigenvalue weighted by molar-refractivity contribution is 0.355. The molecule has 0 bridgehead atoms. The zero-order valence-electron chi connectivity index (χ0n) is 19.4. The summed E-state index contributed by atoms with van der Waals surface area (Å²) < 4.78 is 44.9. The predicted octanol–water partition coefficient (Wildman–Crippen LogP) is 4.22. The molecule has 0 atom stereocenters. The van der Waals surface area contributed by atoms with Crippen LogP contribution in [0.5, 0.6) is 17.2 Å². The molecule has 0 saturated heterocycles. The van der Waals surface area contributed by atoms with Crippen molar-refractivity contribution in [3.63, 3.8) is 0 Å². The molecule has 0 saturated carbocycles. The van der Waals surface area contributed by atoms with Gasteiger partial charge in [-0.15, -0.1) is 0 Å². The highest BCUT2D eigenvalue weighted by Crippen LogP contribution is 2.32. The summed E-state index contributed by atoms with van der Waals surface area (Å²) in [5.41, 5.74) is 1.72. The summed E-state index contributed by atoms with van der Waals surface area (Å²) in [7, 11) is 0.478. The maximum absolute atomic E-state index is 13.5. The molecule has 0 N–H and O–H groups in total. The van der Waals surface area contributed by atoms with E-state index in [2.05, 4.69) is 0 Å². The Morgan fingerprint density at radius 2 is 1.53 bits per heavy atom. The highest BCUT2D eigenvalue weighted by Gasteiger charge is 2.25. The molecule has 0 unspecified atom stereocenters. The van der Waals surface area contributed by atoms with Crippen molar-refractivity contribution in [2.24, 2.45) is 0 Å². The lowest BCUT2D eigenvalue weighted by Crippen LogP contribution is -2.20. The topological polar surface area (TPSA) is 83.8 Å². The fourth-order valence-corrected chi connectivity index (χ4v) is 5.19. The minimum atomic E-state index is -4.07. The van der Waals surface area contributed by atoms with Crippen LogP contribution in [0.2, 0.25) is 0 Å². The highest BCUT2D eigenvalue weighted by molar-refractivity contribution is 7.91. The van der Waals surface area contributed by atoms with E-state index in [-0.39, 0.29) is 15.2 Å². The zero-order chi connectivity index (χ0) is 24.5. The first-order chi connectivity index (χ1) is 16.3. The summed E-state index contributed by atoms with van der Waals surface area (Å²) in [5.74, 6) is 1.45. The molecule has 0 amide bonds. The molecule has 176 valence electrons. The number of sulfone groups is 1. The van der Waals surface area contributed by atoms with E-state index in [0.717, 1.165) is 11.1 Å². The molecule has 0 aliphatic carbocycles. The monoisotopic (exact) mass is 479 g/mol. The number of hydrogen-bond donors (Lipinski definition) is 0. The lowest BCUT2D eigenvalue weighted by Gasteiger charge is -2.17. The molecular weight excluding hydrogens is 454 g/mol. The maximum atomic E-state index is 13.5. The number of aromatic nitrogens is 1. The van der Waals surface area contributed by atoms with E-state index in [9.17, 15) is 13.2 Å². The number of rotatable bonds is 7. The maximum Gasteiger partial charge on any atom is 0.211 e. The Bertz CT molecular complexity index is 1520. The van der Waals surface area contributed by atoms with Crippen molar-refractivity contribution >= 4 is 20.7 Å². The summed E-state index contributed by atoms with van der Waals surface area (Å²) in [6.07, 6.45) is 1.39. The number of benzene rings is 3. The van der Waals surface area contributed by atoms with Crippen LogP contribution in [0.3, 0.4) is 0 Å². The Hall–Kier alpha value is -3.78. The van der Waals surface area contributed by atoms with Gasteiger partial charge in [0.05, 0.1) is 37.1 Å². The summed E-state index contributed by atoms with van der Waals surface area (Å²) in [5, 5.41) is 0.216. The Morgan fingerprint density at radius 1 is 0.853 bits per heavy atom. The average molecular weight is 480 g/mol. The van der Waals surface area contributed by atoms with Gasteiger partial charge in [0.15, 0.2) is 11.5 Å². The van der Waals surface area contributed by atoms with Gasteiger partial charge in [0.2, 0.25) is 15.3 Å². The average Bonchev–Trinajstić information content (AvgIpc) is 2.85. The molecule has 0 aliphatic heterocycles. The first-order valence-electron chi connectivity index (χ1n) is 10.5. The van der Waals surface area contributed by atoms with E-state index in [0.29, 0.717) is 29.3 Å². The highest BCUT2D eigenvalue weighted by atomic mass is 32.2. The van der Waals surface area contributed by atoms with Gasteiger partial charge < -0.3 is 18.8 Å². The predicted molar refractivity (Wildman–Crippen MR) is 130 cm³/mol. The molecule has 4 rings (SSSR count). The lowest BCUT2D eigenvalue weighted by atomic mass is 10.1. The Kier molecular flexibility index (Phi) is 6.34. The van der Waals surface area contributed by atoms with Crippen LogP contribution in [0.4, 0.5) is 0 Å². The van der Waals surface area contributed by atoms with Gasteiger partial charge in [0.1, 0.15) is 10.6 Å². The first-order valence-corrected chi connectivity index (χ1v) is 12.0. The van der Waals surface area contributed by atoms with Gasteiger partial charge in [0, 0.05) is 18.8 Å². The normalized spacial score (nSPS) is 11.4. The molecule has 8 heteroatoms. The minimum absolute atomic E-state index is 0.0583. The molecule has 0 aliphatic rings. The molecule has 4 aromatic rings. The van der Waals surface area contributed by atoms with Gasteiger partial charge in [-0.05, 0) is 42.8 Å². The van der Waals surface area contributed by atoms with Crippen LogP contribution >= 0.6 is 0 Å². The number of aryl methyl sites for hydroxylation is 1. The number of ether oxygens (including phenoxy) is 3. The number of methoxy groups -OCH3 is 3. The van der Waals surface area contributed by atoms with Crippen molar-refractivity contribution in [2.45, 2.75) is 23.3 Å². The molecular formula is C26H25NO6S. The van der Waals surface area contributed by atoms with Crippen LogP contribution in [0.15, 0.2) is 81.4 Å². The number of hydrogen-bond acceptors (Lipinski definition) is 6. The van der Waals surface area contributed by atoms with Crippen molar-refractivity contribution in [2.75, 3.05) is 21.3 Å². The molecule has 1 heterocycles.